The highest BCUT2D eigenvalue weighted by atomic mass is 31.2. The second-order valence-electron chi connectivity index (χ2n) is 20.8. The average molecular weight is 1040 g/mol. The lowest BCUT2D eigenvalue weighted by atomic mass is 10.0. The van der Waals surface area contributed by atoms with E-state index in [0.717, 1.165) is 96.3 Å². The van der Waals surface area contributed by atoms with Crippen molar-refractivity contribution in [2.24, 2.45) is 0 Å². The molecule has 73 heavy (non-hydrogen) atoms. The summed E-state index contributed by atoms with van der Waals surface area (Å²) in [6.45, 7) is 6.65. The Morgan fingerprint density at radius 1 is 0.493 bits per heavy atom. The molecule has 0 heterocycles. The van der Waals surface area contributed by atoms with E-state index in [-0.39, 0.29) is 18.9 Å². The first-order valence-electron chi connectivity index (χ1n) is 29.5. The van der Waals surface area contributed by atoms with E-state index in [4.69, 9.17) is 13.8 Å². The van der Waals surface area contributed by atoms with Gasteiger partial charge in [-0.05, 0) is 102 Å². The molecule has 0 saturated heterocycles. The first kappa shape index (κ1) is 69.9. The van der Waals surface area contributed by atoms with Gasteiger partial charge in [0.15, 0.2) is 0 Å². The zero-order chi connectivity index (χ0) is 53.6. The number of quaternary nitrogens is 1. The molecule has 0 bridgehead atoms. The Kier molecular flexibility index (Phi) is 50.2. The van der Waals surface area contributed by atoms with Crippen molar-refractivity contribution in [3.05, 3.63) is 97.2 Å². The number of likely N-dealkylation sites (N-methyl/N-ethyl adjacent to an activating group) is 1. The van der Waals surface area contributed by atoms with Crippen LogP contribution in [0.5, 0.6) is 0 Å². The van der Waals surface area contributed by atoms with E-state index in [2.05, 4.69) is 111 Å². The largest absolute Gasteiger partial charge is 0.756 e. The van der Waals surface area contributed by atoms with E-state index in [9.17, 15) is 19.0 Å². The van der Waals surface area contributed by atoms with Crippen molar-refractivity contribution in [2.45, 2.75) is 251 Å². The van der Waals surface area contributed by atoms with Crippen LogP contribution in [0.2, 0.25) is 0 Å². The maximum Gasteiger partial charge on any atom is 0.306 e. The molecule has 1 N–H and O–H groups in total. The van der Waals surface area contributed by atoms with Crippen molar-refractivity contribution in [3.8, 4) is 0 Å². The van der Waals surface area contributed by atoms with Gasteiger partial charge >= 0.3 is 5.97 Å². The van der Waals surface area contributed by atoms with Gasteiger partial charge in [-0.3, -0.25) is 14.2 Å². The van der Waals surface area contributed by atoms with Gasteiger partial charge < -0.3 is 28.5 Å². The number of phosphoric acid groups is 1. The number of nitrogens with one attached hydrogen (secondary N) is 1. The molecule has 0 aromatic carbocycles. The van der Waals surface area contributed by atoms with Crippen LogP contribution in [0.1, 0.15) is 239 Å². The van der Waals surface area contributed by atoms with Crippen LogP contribution in [0, 0.1) is 0 Å². The molecule has 0 rings (SSSR count). The molecule has 420 valence electrons. The van der Waals surface area contributed by atoms with Crippen molar-refractivity contribution >= 4 is 19.7 Å². The van der Waals surface area contributed by atoms with Gasteiger partial charge in [0.05, 0.1) is 33.8 Å². The molecule has 3 unspecified atom stereocenters. The summed E-state index contributed by atoms with van der Waals surface area (Å²) in [6, 6.07) is -0.920. The normalized spacial score (nSPS) is 14.5. The number of amides is 1. The van der Waals surface area contributed by atoms with Crippen LogP contribution < -0.4 is 10.2 Å². The van der Waals surface area contributed by atoms with Gasteiger partial charge in [0.2, 0.25) is 5.91 Å². The number of unbranched alkanes of at least 4 members (excludes halogenated alkanes) is 22. The molecule has 3 atom stereocenters. The molecule has 0 fully saturated rings. The fraction of sp³-hybridized carbons (Fsp3) is 0.714. The van der Waals surface area contributed by atoms with Crippen molar-refractivity contribution in [2.75, 3.05) is 40.9 Å². The fourth-order valence-corrected chi connectivity index (χ4v) is 8.66. The second kappa shape index (κ2) is 52.4. The van der Waals surface area contributed by atoms with Crippen LogP contribution >= 0.6 is 7.82 Å². The van der Waals surface area contributed by atoms with Crippen molar-refractivity contribution < 1.29 is 37.3 Å². The van der Waals surface area contributed by atoms with Gasteiger partial charge in [-0.25, -0.2) is 0 Å². The number of hydrogen-bond donors (Lipinski definition) is 1. The van der Waals surface area contributed by atoms with Gasteiger partial charge in [0.1, 0.15) is 19.3 Å². The predicted octanol–water partition coefficient (Wildman–Crippen LogP) is 17.4. The summed E-state index contributed by atoms with van der Waals surface area (Å²) in [5.74, 6) is -0.622. The Bertz CT molecular complexity index is 1570. The predicted molar refractivity (Wildman–Crippen MR) is 311 cm³/mol. The summed E-state index contributed by atoms with van der Waals surface area (Å²) >= 11 is 0. The topological polar surface area (TPSA) is 114 Å². The van der Waals surface area contributed by atoms with E-state index >= 15 is 0 Å². The summed E-state index contributed by atoms with van der Waals surface area (Å²) in [5.41, 5.74) is 0. The summed E-state index contributed by atoms with van der Waals surface area (Å²) in [6.07, 6.45) is 69.4. The number of esters is 1. The third kappa shape index (κ3) is 53.6. The van der Waals surface area contributed by atoms with Crippen LogP contribution in [0.25, 0.3) is 0 Å². The lowest BCUT2D eigenvalue weighted by Gasteiger charge is -2.30. The van der Waals surface area contributed by atoms with Crippen LogP contribution in [-0.4, -0.2) is 69.4 Å². The number of rotatable bonds is 52. The molecule has 0 spiro atoms. The van der Waals surface area contributed by atoms with Gasteiger partial charge in [-0.2, -0.15) is 0 Å². The molecule has 0 aliphatic carbocycles. The number of nitrogens with zero attached hydrogens (tertiary/aromatic N) is 1. The van der Waals surface area contributed by atoms with Crippen molar-refractivity contribution in [1.82, 2.24) is 5.32 Å². The minimum Gasteiger partial charge on any atom is -0.756 e. The zero-order valence-corrected chi connectivity index (χ0v) is 48.7. The highest BCUT2D eigenvalue weighted by molar-refractivity contribution is 7.45. The number of phosphoric ester groups is 1. The molecular formula is C63H111N2O7P. The minimum atomic E-state index is -4.72. The SMILES string of the molecule is CC/C=C\C/C=C\C/C=C\C/C=C\C/C=C\CCCC(=O)OC(/C=C/CCCCCCCCCCCCC)C(COP(=O)([O-])OCC[N+](C)(C)C)NC(=O)CCCCCCCCC/C=C\C/C=C\CCCCC. The Labute approximate surface area is 449 Å². The quantitative estimate of drug-likeness (QED) is 0.0212. The molecule has 10 heteroatoms. The zero-order valence-electron chi connectivity index (χ0n) is 47.8. The van der Waals surface area contributed by atoms with Crippen molar-refractivity contribution in [1.29, 1.82) is 0 Å². The maximum absolute atomic E-state index is 13.5. The van der Waals surface area contributed by atoms with E-state index in [1.54, 1.807) is 0 Å². The van der Waals surface area contributed by atoms with Gasteiger partial charge in [-0.15, -0.1) is 0 Å². The van der Waals surface area contributed by atoms with Crippen molar-refractivity contribution in [3.63, 3.8) is 0 Å². The first-order chi connectivity index (χ1) is 35.4. The summed E-state index contributed by atoms with van der Waals surface area (Å²) in [5, 5.41) is 3.00. The smallest absolute Gasteiger partial charge is 0.306 e. The molecule has 0 saturated carbocycles. The number of carbonyl (C=O) groups excluding carboxylic acids is 2. The van der Waals surface area contributed by atoms with E-state index < -0.39 is 32.5 Å². The van der Waals surface area contributed by atoms with Gasteiger partial charge in [-0.1, -0.05) is 221 Å². The lowest BCUT2D eigenvalue weighted by Crippen LogP contribution is -2.47. The molecule has 1 amide bonds. The van der Waals surface area contributed by atoms with Crippen LogP contribution in [0.3, 0.4) is 0 Å². The van der Waals surface area contributed by atoms with Crippen LogP contribution in [0.4, 0.5) is 0 Å². The maximum atomic E-state index is 13.5. The first-order valence-corrected chi connectivity index (χ1v) is 31.0. The standard InChI is InChI=1S/C63H111N2O7P/c1-7-10-13-16-19-22-25-28-30-32-34-37-40-43-46-49-52-55-62(66)64-60(59-71-73(68,69)70-58-57-65(4,5)6)61(54-51-48-45-42-39-36-27-24-21-18-15-12-9-3)72-63(67)56-53-50-47-44-41-38-35-33-31-29-26-23-20-17-14-11-8-2/h11,14,19-20,22-23,28-31,35,38,44,47,51,54,60-61H,7-10,12-13,15-18,21,24-27,32-34,36-37,39-43,45-46,48-50,52-53,55-59H2,1-6H3,(H-,64,66,68,69)/b14-11-,22-19-,23-20-,30-28-,31-29-,38-35-,47-44-,54-51+. The Balaban J connectivity index is 5.46. The Morgan fingerprint density at radius 3 is 1.37 bits per heavy atom. The summed E-state index contributed by atoms with van der Waals surface area (Å²) in [7, 11) is 1.14. The third-order valence-corrected chi connectivity index (χ3v) is 13.5. The minimum absolute atomic E-state index is 0.0371. The molecule has 0 aliphatic rings. The highest BCUT2D eigenvalue weighted by Gasteiger charge is 2.27. The number of allylic oxidation sites excluding steroid dienone is 15. The molecule has 0 aromatic rings. The van der Waals surface area contributed by atoms with Crippen LogP contribution in [0.15, 0.2) is 97.2 Å². The van der Waals surface area contributed by atoms with E-state index in [1.807, 2.05) is 33.3 Å². The second-order valence-corrected chi connectivity index (χ2v) is 22.2. The number of carbonyl (C=O) groups is 2. The Morgan fingerprint density at radius 2 is 0.890 bits per heavy atom. The van der Waals surface area contributed by atoms with Gasteiger partial charge in [0, 0.05) is 12.8 Å². The lowest BCUT2D eigenvalue weighted by molar-refractivity contribution is -0.870. The Hall–Kier alpha value is -3.07. The fourth-order valence-electron chi connectivity index (χ4n) is 7.94. The molecule has 9 nitrogen and oxygen atoms in total. The average Bonchev–Trinajstić information content (AvgIpc) is 3.35. The number of hydrogen-bond acceptors (Lipinski definition) is 7. The molecule has 0 radical (unpaired) electrons. The monoisotopic (exact) mass is 1040 g/mol. The summed E-state index contributed by atoms with van der Waals surface area (Å²) in [4.78, 5) is 39.9. The molecule has 0 aromatic heterocycles. The molecule has 0 aliphatic heterocycles. The summed E-state index contributed by atoms with van der Waals surface area (Å²) < 4.78 is 30.2. The molecular weight excluding hydrogens is 928 g/mol. The van der Waals surface area contributed by atoms with E-state index in [1.165, 1.54) is 103 Å². The number of ether oxygens (including phenoxy) is 1. The third-order valence-electron chi connectivity index (χ3n) is 12.5. The van der Waals surface area contributed by atoms with Gasteiger partial charge in [0.25, 0.3) is 7.82 Å². The van der Waals surface area contributed by atoms with Crippen LogP contribution in [-0.2, 0) is 27.9 Å². The van der Waals surface area contributed by atoms with E-state index in [0.29, 0.717) is 23.9 Å². The highest BCUT2D eigenvalue weighted by Crippen LogP contribution is 2.38.